The minimum Gasteiger partial charge on any atom is -0.326 e. The van der Waals surface area contributed by atoms with Gasteiger partial charge >= 0.3 is 0 Å². The fourth-order valence-corrected chi connectivity index (χ4v) is 3.82. The van der Waals surface area contributed by atoms with Crippen molar-refractivity contribution in [3.8, 4) is 0 Å². The highest BCUT2D eigenvalue weighted by molar-refractivity contribution is 7.13. The Morgan fingerprint density at radius 3 is 2.76 bits per heavy atom. The SMILES string of the molecule is NC1CCCCC1n1sc2ccccc2c1=O. The van der Waals surface area contributed by atoms with Crippen molar-refractivity contribution in [2.75, 3.05) is 0 Å². The largest absolute Gasteiger partial charge is 0.326 e. The van der Waals surface area contributed by atoms with Crippen molar-refractivity contribution in [1.82, 2.24) is 3.96 Å². The number of nitrogens with two attached hydrogens (primary N) is 1. The number of aromatic nitrogens is 1. The first-order valence-electron chi connectivity index (χ1n) is 6.13. The van der Waals surface area contributed by atoms with Crippen molar-refractivity contribution in [1.29, 1.82) is 0 Å². The summed E-state index contributed by atoms with van der Waals surface area (Å²) in [5.41, 5.74) is 6.28. The van der Waals surface area contributed by atoms with Gasteiger partial charge in [0, 0.05) is 6.04 Å². The first kappa shape index (κ1) is 11.0. The van der Waals surface area contributed by atoms with E-state index in [1.54, 1.807) is 11.5 Å². The summed E-state index contributed by atoms with van der Waals surface area (Å²) in [5.74, 6) is 0. The zero-order chi connectivity index (χ0) is 11.8. The highest BCUT2D eigenvalue weighted by Crippen LogP contribution is 2.29. The van der Waals surface area contributed by atoms with E-state index in [9.17, 15) is 4.79 Å². The van der Waals surface area contributed by atoms with Gasteiger partial charge < -0.3 is 5.73 Å². The van der Waals surface area contributed by atoms with Crippen molar-refractivity contribution < 1.29 is 0 Å². The Bertz CT molecular complexity index is 586. The van der Waals surface area contributed by atoms with Crippen LogP contribution in [0.15, 0.2) is 29.1 Å². The molecule has 3 rings (SSSR count). The molecular weight excluding hydrogens is 232 g/mol. The maximum atomic E-state index is 12.3. The van der Waals surface area contributed by atoms with Gasteiger partial charge in [-0.25, -0.2) is 0 Å². The van der Waals surface area contributed by atoms with Gasteiger partial charge in [0.25, 0.3) is 5.56 Å². The van der Waals surface area contributed by atoms with Gasteiger partial charge in [-0.1, -0.05) is 36.5 Å². The Morgan fingerprint density at radius 2 is 2.00 bits per heavy atom. The molecular formula is C13H16N2OS. The standard InChI is InChI=1S/C13H16N2OS/c14-10-6-2-3-7-11(10)15-13(16)9-5-1-4-8-12(9)17-15/h1,4-5,8,10-11H,2-3,6-7,14H2. The third-order valence-electron chi connectivity index (χ3n) is 3.60. The van der Waals surface area contributed by atoms with Gasteiger partial charge in [-0.15, -0.1) is 0 Å². The molecule has 1 aliphatic rings. The molecule has 0 spiro atoms. The molecule has 1 fully saturated rings. The number of nitrogens with zero attached hydrogens (tertiary/aromatic N) is 1. The first-order valence-corrected chi connectivity index (χ1v) is 6.91. The maximum absolute atomic E-state index is 12.3. The minimum absolute atomic E-state index is 0.132. The Balaban J connectivity index is 2.11. The topological polar surface area (TPSA) is 48.0 Å². The molecule has 1 aromatic carbocycles. The quantitative estimate of drug-likeness (QED) is 0.843. The van der Waals surface area contributed by atoms with E-state index in [1.807, 2.05) is 28.2 Å². The van der Waals surface area contributed by atoms with Gasteiger partial charge in [-0.3, -0.25) is 8.75 Å². The highest BCUT2D eigenvalue weighted by atomic mass is 32.1. The third kappa shape index (κ3) is 1.81. The second-order valence-corrected chi connectivity index (χ2v) is 5.75. The lowest BCUT2D eigenvalue weighted by Crippen LogP contribution is -2.37. The molecule has 0 bridgehead atoms. The van der Waals surface area contributed by atoms with E-state index >= 15 is 0 Å². The van der Waals surface area contributed by atoms with Gasteiger partial charge in [0.15, 0.2) is 0 Å². The average molecular weight is 248 g/mol. The van der Waals surface area contributed by atoms with Crippen LogP contribution in [0.25, 0.3) is 10.1 Å². The monoisotopic (exact) mass is 248 g/mol. The van der Waals surface area contributed by atoms with Crippen LogP contribution < -0.4 is 11.3 Å². The predicted octanol–water partition coefficient (Wildman–Crippen LogP) is 2.51. The second kappa shape index (κ2) is 4.27. The van der Waals surface area contributed by atoms with Crippen LogP contribution in [0, 0.1) is 0 Å². The van der Waals surface area contributed by atoms with Crippen LogP contribution in [0.2, 0.25) is 0 Å². The average Bonchev–Trinajstić information content (AvgIpc) is 2.68. The van der Waals surface area contributed by atoms with E-state index in [0.29, 0.717) is 0 Å². The van der Waals surface area contributed by atoms with E-state index in [2.05, 4.69) is 0 Å². The van der Waals surface area contributed by atoms with Gasteiger partial charge in [0.1, 0.15) is 0 Å². The molecule has 1 aromatic heterocycles. The summed E-state index contributed by atoms with van der Waals surface area (Å²) < 4.78 is 2.96. The lowest BCUT2D eigenvalue weighted by Gasteiger charge is -2.28. The summed E-state index contributed by atoms with van der Waals surface area (Å²) >= 11 is 1.56. The Kier molecular flexibility index (Phi) is 2.76. The van der Waals surface area contributed by atoms with Gasteiger partial charge in [-0.05, 0) is 25.0 Å². The molecule has 2 aromatic rings. The molecule has 2 unspecified atom stereocenters. The maximum Gasteiger partial charge on any atom is 0.268 e. The fraction of sp³-hybridized carbons (Fsp3) is 0.462. The van der Waals surface area contributed by atoms with Crippen molar-refractivity contribution in [2.24, 2.45) is 5.73 Å². The molecule has 2 N–H and O–H groups in total. The first-order chi connectivity index (χ1) is 8.27. The molecule has 1 saturated carbocycles. The Hall–Kier alpha value is -1.13. The summed E-state index contributed by atoms with van der Waals surface area (Å²) in [5, 5.41) is 0.829. The summed E-state index contributed by atoms with van der Waals surface area (Å²) in [7, 11) is 0. The van der Waals surface area contributed by atoms with Gasteiger partial charge in [0.2, 0.25) is 0 Å². The summed E-state index contributed by atoms with van der Waals surface area (Å²) in [6.45, 7) is 0. The summed E-state index contributed by atoms with van der Waals surface area (Å²) in [4.78, 5) is 12.3. The van der Waals surface area contributed by atoms with E-state index in [4.69, 9.17) is 5.73 Å². The predicted molar refractivity (Wildman–Crippen MR) is 71.6 cm³/mol. The summed E-state index contributed by atoms with van der Waals surface area (Å²) in [6, 6.07) is 8.14. The van der Waals surface area contributed by atoms with Crippen LogP contribution in [0.1, 0.15) is 31.7 Å². The number of rotatable bonds is 1. The zero-order valence-corrected chi connectivity index (χ0v) is 10.5. The Morgan fingerprint density at radius 1 is 1.24 bits per heavy atom. The summed E-state index contributed by atoms with van der Waals surface area (Å²) in [6.07, 6.45) is 4.44. The van der Waals surface area contributed by atoms with E-state index in [-0.39, 0.29) is 17.6 Å². The normalized spacial score (nSPS) is 25.2. The van der Waals surface area contributed by atoms with Crippen LogP contribution in [0.3, 0.4) is 0 Å². The smallest absolute Gasteiger partial charge is 0.268 e. The number of benzene rings is 1. The van der Waals surface area contributed by atoms with Gasteiger partial charge in [-0.2, -0.15) is 0 Å². The van der Waals surface area contributed by atoms with Crippen LogP contribution in [0.4, 0.5) is 0 Å². The van der Waals surface area contributed by atoms with Crippen LogP contribution >= 0.6 is 11.5 Å². The van der Waals surface area contributed by atoms with Crippen LogP contribution in [0.5, 0.6) is 0 Å². The molecule has 3 nitrogen and oxygen atoms in total. The van der Waals surface area contributed by atoms with E-state index in [1.165, 1.54) is 12.8 Å². The highest BCUT2D eigenvalue weighted by Gasteiger charge is 2.25. The van der Waals surface area contributed by atoms with Crippen molar-refractivity contribution in [3.05, 3.63) is 34.6 Å². The lowest BCUT2D eigenvalue weighted by atomic mass is 9.91. The molecule has 1 heterocycles. The van der Waals surface area contributed by atoms with Crippen molar-refractivity contribution in [2.45, 2.75) is 37.8 Å². The molecule has 0 radical (unpaired) electrons. The van der Waals surface area contributed by atoms with Crippen LogP contribution in [-0.2, 0) is 0 Å². The molecule has 1 aliphatic carbocycles. The number of hydrogen-bond donors (Lipinski definition) is 1. The Labute approximate surface area is 104 Å². The molecule has 90 valence electrons. The zero-order valence-electron chi connectivity index (χ0n) is 9.63. The molecule has 2 atom stereocenters. The second-order valence-electron chi connectivity index (χ2n) is 4.73. The van der Waals surface area contributed by atoms with Gasteiger partial charge in [0.05, 0.1) is 16.1 Å². The number of hydrogen-bond acceptors (Lipinski definition) is 3. The fourth-order valence-electron chi connectivity index (χ4n) is 2.64. The van der Waals surface area contributed by atoms with Crippen molar-refractivity contribution >= 4 is 21.6 Å². The molecule has 0 saturated heterocycles. The molecule has 17 heavy (non-hydrogen) atoms. The van der Waals surface area contributed by atoms with Crippen molar-refractivity contribution in [3.63, 3.8) is 0 Å². The van der Waals surface area contributed by atoms with E-state index in [0.717, 1.165) is 22.9 Å². The molecule has 4 heteroatoms. The van der Waals surface area contributed by atoms with E-state index < -0.39 is 0 Å². The molecule has 0 amide bonds. The lowest BCUT2D eigenvalue weighted by molar-refractivity contribution is 0.317. The minimum atomic E-state index is 0.132. The molecule has 0 aliphatic heterocycles. The third-order valence-corrected chi connectivity index (χ3v) is 4.78. The van der Waals surface area contributed by atoms with Crippen LogP contribution in [-0.4, -0.2) is 10.00 Å². The number of fused-ring (bicyclic) bond motifs is 1.